The average molecular weight is 404 g/mol. The number of carbonyl (C=O) groups excluding carboxylic acids is 1. The first kappa shape index (κ1) is 18.9. The number of benzene rings is 1. The summed E-state index contributed by atoms with van der Waals surface area (Å²) in [5.41, 5.74) is 0. The maximum atomic E-state index is 12.2. The van der Waals surface area contributed by atoms with Crippen LogP contribution in [0.2, 0.25) is 5.02 Å². The van der Waals surface area contributed by atoms with Crippen LogP contribution in [0.3, 0.4) is 0 Å². The van der Waals surface area contributed by atoms with Gasteiger partial charge in [0.2, 0.25) is 11.0 Å². The molecule has 0 aliphatic rings. The first-order valence-corrected chi connectivity index (χ1v) is 10.6. The molecule has 1 heterocycles. The van der Waals surface area contributed by atoms with Gasteiger partial charge in [0.25, 0.3) is 0 Å². The molecule has 0 saturated heterocycles. The molecule has 128 valence electrons. The highest BCUT2D eigenvalue weighted by molar-refractivity contribution is 8.01. The van der Waals surface area contributed by atoms with Crippen LogP contribution in [0.1, 0.15) is 6.42 Å². The molecule has 0 aliphatic heterocycles. The molecule has 6 nitrogen and oxygen atoms in total. The maximum Gasteiger partial charge on any atom is 0.227 e. The molecular formula is C14H14ClN3O3S3. The monoisotopic (exact) mass is 403 g/mol. The quantitative estimate of drug-likeness (QED) is 0.413. The number of nitrogens with one attached hydrogen (secondary N) is 1. The fourth-order valence-electron chi connectivity index (χ4n) is 1.66. The van der Waals surface area contributed by atoms with Crippen molar-refractivity contribution in [3.8, 4) is 0 Å². The van der Waals surface area contributed by atoms with E-state index in [1.807, 2.05) is 0 Å². The SMILES string of the molecule is C=CCSc1nnc(NC(=O)CCS(=O)(=O)c2ccccc2Cl)s1. The second-order valence-electron chi connectivity index (χ2n) is 4.52. The third-order valence-electron chi connectivity index (χ3n) is 2.75. The molecule has 2 aromatic rings. The predicted octanol–water partition coefficient (Wildman–Crippen LogP) is 3.27. The molecule has 1 N–H and O–H groups in total. The lowest BCUT2D eigenvalue weighted by atomic mass is 10.4. The van der Waals surface area contributed by atoms with Gasteiger partial charge in [-0.3, -0.25) is 4.79 Å². The van der Waals surface area contributed by atoms with Crippen LogP contribution in [-0.2, 0) is 14.6 Å². The van der Waals surface area contributed by atoms with Crippen molar-refractivity contribution in [2.24, 2.45) is 0 Å². The van der Waals surface area contributed by atoms with E-state index in [0.29, 0.717) is 15.2 Å². The number of amides is 1. The van der Waals surface area contributed by atoms with Crippen LogP contribution in [0, 0.1) is 0 Å². The Hall–Kier alpha value is -1.42. The molecule has 0 saturated carbocycles. The number of carbonyl (C=O) groups is 1. The van der Waals surface area contributed by atoms with E-state index in [1.54, 1.807) is 18.2 Å². The first-order valence-electron chi connectivity index (χ1n) is 6.76. The summed E-state index contributed by atoms with van der Waals surface area (Å²) in [5.74, 6) is -0.0833. The molecule has 0 bridgehead atoms. The third-order valence-corrected chi connectivity index (χ3v) is 6.92. The third kappa shape index (κ3) is 5.30. The van der Waals surface area contributed by atoms with Crippen molar-refractivity contribution in [3.05, 3.63) is 41.9 Å². The molecule has 0 radical (unpaired) electrons. The van der Waals surface area contributed by atoms with E-state index < -0.39 is 15.7 Å². The fraction of sp³-hybridized carbons (Fsp3) is 0.214. The van der Waals surface area contributed by atoms with Crippen molar-refractivity contribution in [2.45, 2.75) is 15.7 Å². The van der Waals surface area contributed by atoms with Crippen molar-refractivity contribution in [1.82, 2.24) is 10.2 Å². The molecule has 1 aromatic heterocycles. The Balaban J connectivity index is 1.92. The number of anilines is 1. The average Bonchev–Trinajstić information content (AvgIpc) is 2.99. The van der Waals surface area contributed by atoms with Gasteiger partial charge in [-0.25, -0.2) is 8.42 Å². The minimum absolute atomic E-state index is 0.0264. The minimum Gasteiger partial charge on any atom is -0.300 e. The topological polar surface area (TPSA) is 89.0 Å². The summed E-state index contributed by atoms with van der Waals surface area (Å²) in [5, 5.41) is 10.8. The van der Waals surface area contributed by atoms with Crippen LogP contribution >= 0.6 is 34.7 Å². The zero-order valence-electron chi connectivity index (χ0n) is 12.4. The van der Waals surface area contributed by atoms with Gasteiger partial charge in [0.1, 0.15) is 0 Å². The van der Waals surface area contributed by atoms with Crippen LogP contribution in [0.4, 0.5) is 5.13 Å². The van der Waals surface area contributed by atoms with E-state index in [2.05, 4.69) is 22.1 Å². The van der Waals surface area contributed by atoms with Gasteiger partial charge in [0.05, 0.1) is 15.7 Å². The Morgan fingerprint density at radius 1 is 1.38 bits per heavy atom. The van der Waals surface area contributed by atoms with Gasteiger partial charge in [-0.1, -0.05) is 52.9 Å². The number of hydrogen-bond donors (Lipinski definition) is 1. The van der Waals surface area contributed by atoms with E-state index in [-0.39, 0.29) is 22.1 Å². The standard InChI is InChI=1S/C14H14ClN3O3S3/c1-2-8-22-14-18-17-13(23-14)16-12(19)7-9-24(20,21)11-6-4-3-5-10(11)15/h2-6H,1,7-9H2,(H,16,17,19). The number of halogens is 1. The molecule has 0 aliphatic carbocycles. The van der Waals surface area contributed by atoms with Gasteiger partial charge in [0, 0.05) is 12.2 Å². The van der Waals surface area contributed by atoms with Gasteiger partial charge in [-0.05, 0) is 12.1 Å². The summed E-state index contributed by atoms with van der Waals surface area (Å²) in [6.45, 7) is 3.61. The van der Waals surface area contributed by atoms with Crippen LogP contribution in [0.5, 0.6) is 0 Å². The van der Waals surface area contributed by atoms with Crippen LogP contribution in [0.15, 0.2) is 46.2 Å². The Kier molecular flexibility index (Phi) is 6.79. The van der Waals surface area contributed by atoms with Gasteiger partial charge in [0.15, 0.2) is 14.2 Å². The van der Waals surface area contributed by atoms with E-state index in [9.17, 15) is 13.2 Å². The normalized spacial score (nSPS) is 11.2. The Morgan fingerprint density at radius 3 is 2.83 bits per heavy atom. The Labute approximate surface area is 153 Å². The Morgan fingerprint density at radius 2 is 2.12 bits per heavy atom. The summed E-state index contributed by atoms with van der Waals surface area (Å²) < 4.78 is 25.2. The molecular weight excluding hydrogens is 390 g/mol. The zero-order valence-corrected chi connectivity index (χ0v) is 15.6. The Bertz CT molecular complexity index is 837. The van der Waals surface area contributed by atoms with Gasteiger partial charge < -0.3 is 5.32 Å². The van der Waals surface area contributed by atoms with Crippen molar-refractivity contribution in [1.29, 1.82) is 0 Å². The fourth-order valence-corrected chi connectivity index (χ4v) is 5.01. The van der Waals surface area contributed by atoms with E-state index in [0.717, 1.165) is 0 Å². The van der Waals surface area contributed by atoms with Crippen molar-refractivity contribution in [2.75, 3.05) is 16.8 Å². The molecule has 10 heteroatoms. The number of thioether (sulfide) groups is 1. The van der Waals surface area contributed by atoms with Crippen molar-refractivity contribution >= 4 is 55.6 Å². The van der Waals surface area contributed by atoms with Gasteiger partial charge in [-0.2, -0.15) is 0 Å². The molecule has 0 unspecified atom stereocenters. The molecule has 0 spiro atoms. The lowest BCUT2D eigenvalue weighted by Crippen LogP contribution is -2.17. The molecule has 24 heavy (non-hydrogen) atoms. The largest absolute Gasteiger partial charge is 0.300 e. The number of hydrogen-bond acceptors (Lipinski definition) is 7. The highest BCUT2D eigenvalue weighted by Crippen LogP contribution is 2.26. The number of sulfone groups is 1. The van der Waals surface area contributed by atoms with Crippen LogP contribution in [0.25, 0.3) is 0 Å². The molecule has 1 aromatic carbocycles. The second kappa shape index (κ2) is 8.61. The lowest BCUT2D eigenvalue weighted by Gasteiger charge is -2.06. The van der Waals surface area contributed by atoms with Gasteiger partial charge in [-0.15, -0.1) is 16.8 Å². The summed E-state index contributed by atoms with van der Waals surface area (Å²) in [6, 6.07) is 6.15. The minimum atomic E-state index is -3.63. The molecule has 0 atom stereocenters. The first-order chi connectivity index (χ1) is 11.4. The van der Waals surface area contributed by atoms with E-state index >= 15 is 0 Å². The van der Waals surface area contributed by atoms with Crippen LogP contribution < -0.4 is 5.32 Å². The molecule has 0 fully saturated rings. The number of rotatable bonds is 8. The highest BCUT2D eigenvalue weighted by Gasteiger charge is 2.19. The van der Waals surface area contributed by atoms with Crippen molar-refractivity contribution < 1.29 is 13.2 Å². The smallest absolute Gasteiger partial charge is 0.227 e. The second-order valence-corrected chi connectivity index (χ2v) is 9.25. The zero-order chi connectivity index (χ0) is 17.6. The molecule has 1 amide bonds. The highest BCUT2D eigenvalue weighted by atomic mass is 35.5. The summed E-state index contributed by atoms with van der Waals surface area (Å²) in [7, 11) is -3.63. The van der Waals surface area contributed by atoms with E-state index in [4.69, 9.17) is 11.6 Å². The van der Waals surface area contributed by atoms with E-state index in [1.165, 1.54) is 35.2 Å². The van der Waals surface area contributed by atoms with Crippen molar-refractivity contribution in [3.63, 3.8) is 0 Å². The summed E-state index contributed by atoms with van der Waals surface area (Å²) in [4.78, 5) is 11.9. The summed E-state index contributed by atoms with van der Waals surface area (Å²) in [6.07, 6.45) is 1.55. The molecule has 2 rings (SSSR count). The summed E-state index contributed by atoms with van der Waals surface area (Å²) >= 11 is 8.57. The predicted molar refractivity (Wildman–Crippen MR) is 97.6 cm³/mol. The number of aromatic nitrogens is 2. The maximum absolute atomic E-state index is 12.2. The number of nitrogens with zero attached hydrogens (tertiary/aromatic N) is 2. The van der Waals surface area contributed by atoms with Gasteiger partial charge >= 0.3 is 0 Å². The van der Waals surface area contributed by atoms with Crippen LogP contribution in [-0.4, -0.2) is 36.0 Å². The lowest BCUT2D eigenvalue weighted by molar-refractivity contribution is -0.115.